The molecule has 9 heteroatoms. The molecule has 0 aromatic heterocycles. The number of carbonyl (C=O) groups is 1. The summed E-state index contributed by atoms with van der Waals surface area (Å²) in [6, 6.07) is 9.51. The van der Waals surface area contributed by atoms with Gasteiger partial charge in [0.25, 0.3) is 15.7 Å². The third kappa shape index (κ3) is 3.61. The van der Waals surface area contributed by atoms with Crippen LogP contribution in [-0.2, 0) is 14.8 Å². The van der Waals surface area contributed by atoms with Crippen LogP contribution in [0.5, 0.6) is 0 Å². The first kappa shape index (κ1) is 18.4. The van der Waals surface area contributed by atoms with Crippen LogP contribution in [0, 0.1) is 17.0 Å². The number of ether oxygens (including phenoxy) is 1. The maximum absolute atomic E-state index is 12.7. The highest BCUT2D eigenvalue weighted by molar-refractivity contribution is 7.92. The van der Waals surface area contributed by atoms with E-state index in [9.17, 15) is 23.3 Å². The molecule has 0 unspecified atom stereocenters. The summed E-state index contributed by atoms with van der Waals surface area (Å²) in [7, 11) is -1.42. The molecule has 0 radical (unpaired) electrons. The molecule has 0 spiro atoms. The average molecular weight is 364 g/mol. The summed E-state index contributed by atoms with van der Waals surface area (Å²) < 4.78 is 31.0. The van der Waals surface area contributed by atoms with Crippen LogP contribution in [0.25, 0.3) is 0 Å². The van der Waals surface area contributed by atoms with Crippen LogP contribution in [0.15, 0.2) is 47.4 Å². The fourth-order valence-electron chi connectivity index (χ4n) is 2.17. The van der Waals surface area contributed by atoms with Gasteiger partial charge in [0.1, 0.15) is 0 Å². The number of nitro groups is 1. The molecule has 2 aromatic rings. The minimum Gasteiger partial charge on any atom is -0.465 e. The van der Waals surface area contributed by atoms with Gasteiger partial charge in [-0.1, -0.05) is 6.07 Å². The third-order valence-corrected chi connectivity index (χ3v) is 5.47. The number of carbonyl (C=O) groups excluding carboxylic acids is 1. The number of rotatable bonds is 5. The Kier molecular flexibility index (Phi) is 5.07. The van der Waals surface area contributed by atoms with Gasteiger partial charge < -0.3 is 4.74 Å². The van der Waals surface area contributed by atoms with Crippen molar-refractivity contribution in [3.63, 3.8) is 0 Å². The normalized spacial score (nSPS) is 11.0. The van der Waals surface area contributed by atoms with Crippen molar-refractivity contribution >= 4 is 27.4 Å². The summed E-state index contributed by atoms with van der Waals surface area (Å²) in [6.07, 6.45) is 0. The summed E-state index contributed by atoms with van der Waals surface area (Å²) in [6.45, 7) is 1.53. The third-order valence-electron chi connectivity index (χ3n) is 3.69. The molecule has 0 saturated carbocycles. The van der Waals surface area contributed by atoms with Crippen LogP contribution in [0.2, 0.25) is 0 Å². The van der Waals surface area contributed by atoms with Gasteiger partial charge >= 0.3 is 5.97 Å². The number of sulfonamides is 1. The monoisotopic (exact) mass is 364 g/mol. The Morgan fingerprint density at radius 3 is 2.28 bits per heavy atom. The predicted molar refractivity (Wildman–Crippen MR) is 91.2 cm³/mol. The van der Waals surface area contributed by atoms with Crippen LogP contribution in [-0.4, -0.2) is 33.5 Å². The van der Waals surface area contributed by atoms with E-state index in [1.54, 1.807) is 0 Å². The summed E-state index contributed by atoms with van der Waals surface area (Å²) in [5.74, 6) is -0.536. The Labute approximate surface area is 144 Å². The van der Waals surface area contributed by atoms with Gasteiger partial charge in [-0.2, -0.15) is 0 Å². The van der Waals surface area contributed by atoms with E-state index in [0.717, 1.165) is 10.4 Å². The molecule has 0 aliphatic carbocycles. The number of methoxy groups -OCH3 is 1. The van der Waals surface area contributed by atoms with Crippen LogP contribution in [0.3, 0.4) is 0 Å². The standard InChI is InChI=1S/C16H16N2O6S/c1-11-4-9-14(10-15(11)18(20)21)25(22,23)17(2)13-7-5-12(6-8-13)16(19)24-3/h4-10H,1-3H3. The zero-order chi connectivity index (χ0) is 18.8. The first-order valence-corrected chi connectivity index (χ1v) is 8.55. The van der Waals surface area contributed by atoms with E-state index in [1.807, 2.05) is 0 Å². The number of esters is 1. The average Bonchev–Trinajstić information content (AvgIpc) is 2.60. The molecule has 0 bridgehead atoms. The largest absolute Gasteiger partial charge is 0.465 e. The van der Waals surface area contributed by atoms with Gasteiger partial charge in [-0.3, -0.25) is 14.4 Å². The summed E-state index contributed by atoms with van der Waals surface area (Å²) in [5.41, 5.74) is 0.684. The minimum absolute atomic E-state index is 0.190. The number of hydrogen-bond acceptors (Lipinski definition) is 6. The maximum atomic E-state index is 12.7. The smallest absolute Gasteiger partial charge is 0.337 e. The quantitative estimate of drug-likeness (QED) is 0.458. The fraction of sp³-hybridized carbons (Fsp3) is 0.188. The lowest BCUT2D eigenvalue weighted by molar-refractivity contribution is -0.385. The lowest BCUT2D eigenvalue weighted by Crippen LogP contribution is -2.26. The highest BCUT2D eigenvalue weighted by Crippen LogP contribution is 2.27. The fourth-order valence-corrected chi connectivity index (χ4v) is 3.38. The van der Waals surface area contributed by atoms with Gasteiger partial charge in [-0.05, 0) is 37.3 Å². The molecule has 132 valence electrons. The Bertz CT molecular complexity index is 922. The van der Waals surface area contributed by atoms with E-state index in [-0.39, 0.29) is 16.1 Å². The lowest BCUT2D eigenvalue weighted by Gasteiger charge is -2.19. The number of benzene rings is 2. The maximum Gasteiger partial charge on any atom is 0.337 e. The number of hydrogen-bond donors (Lipinski definition) is 0. The topological polar surface area (TPSA) is 107 Å². The first-order chi connectivity index (χ1) is 11.7. The van der Waals surface area contributed by atoms with Crippen molar-refractivity contribution in [3.05, 3.63) is 63.7 Å². The number of anilines is 1. The van der Waals surface area contributed by atoms with Crippen LogP contribution in [0.1, 0.15) is 15.9 Å². The molecule has 0 atom stereocenters. The highest BCUT2D eigenvalue weighted by atomic mass is 32.2. The van der Waals surface area contributed by atoms with E-state index in [2.05, 4.69) is 4.74 Å². The van der Waals surface area contributed by atoms with Gasteiger partial charge in [0, 0.05) is 18.7 Å². The molecule has 0 heterocycles. The zero-order valence-electron chi connectivity index (χ0n) is 13.8. The number of nitro benzene ring substituents is 1. The molecular weight excluding hydrogens is 348 g/mol. The van der Waals surface area contributed by atoms with Crippen molar-refractivity contribution in [1.82, 2.24) is 0 Å². The van der Waals surface area contributed by atoms with E-state index in [4.69, 9.17) is 0 Å². The Hall–Kier alpha value is -2.94. The van der Waals surface area contributed by atoms with Crippen molar-refractivity contribution in [2.45, 2.75) is 11.8 Å². The van der Waals surface area contributed by atoms with Crippen LogP contribution >= 0.6 is 0 Å². The van der Waals surface area contributed by atoms with Crippen LogP contribution < -0.4 is 4.31 Å². The molecular formula is C16H16N2O6S. The second-order valence-electron chi connectivity index (χ2n) is 5.22. The molecule has 0 amide bonds. The van der Waals surface area contributed by atoms with E-state index in [0.29, 0.717) is 11.3 Å². The number of aryl methyl sites for hydroxylation is 1. The van der Waals surface area contributed by atoms with Gasteiger partial charge in [-0.25, -0.2) is 13.2 Å². The Balaban J connectivity index is 2.41. The van der Waals surface area contributed by atoms with E-state index >= 15 is 0 Å². The highest BCUT2D eigenvalue weighted by Gasteiger charge is 2.24. The predicted octanol–water partition coefficient (Wildman–Crippen LogP) is 2.51. The molecule has 0 fully saturated rings. The van der Waals surface area contributed by atoms with Crippen molar-refractivity contribution in [3.8, 4) is 0 Å². The molecule has 0 aliphatic heterocycles. The minimum atomic E-state index is -3.99. The summed E-state index contributed by atoms with van der Waals surface area (Å²) in [4.78, 5) is 21.6. The second-order valence-corrected chi connectivity index (χ2v) is 7.19. The van der Waals surface area contributed by atoms with Crippen molar-refractivity contribution in [1.29, 1.82) is 0 Å². The molecule has 25 heavy (non-hydrogen) atoms. The van der Waals surface area contributed by atoms with Gasteiger partial charge in [0.05, 0.1) is 28.2 Å². The van der Waals surface area contributed by atoms with Crippen molar-refractivity contribution < 1.29 is 22.9 Å². The summed E-state index contributed by atoms with van der Waals surface area (Å²) >= 11 is 0. The zero-order valence-corrected chi connectivity index (χ0v) is 14.6. The first-order valence-electron chi connectivity index (χ1n) is 7.11. The second kappa shape index (κ2) is 6.89. The molecule has 0 N–H and O–H groups in total. The number of nitrogens with zero attached hydrogens (tertiary/aromatic N) is 2. The molecule has 0 saturated heterocycles. The van der Waals surface area contributed by atoms with Crippen LogP contribution in [0.4, 0.5) is 11.4 Å². The van der Waals surface area contributed by atoms with Crippen molar-refractivity contribution in [2.75, 3.05) is 18.5 Å². The van der Waals surface area contributed by atoms with E-state index in [1.165, 1.54) is 57.5 Å². The summed E-state index contributed by atoms with van der Waals surface area (Å²) in [5, 5.41) is 11.0. The Morgan fingerprint density at radius 2 is 1.76 bits per heavy atom. The molecule has 2 aromatic carbocycles. The van der Waals surface area contributed by atoms with Gasteiger partial charge in [0.15, 0.2) is 0 Å². The molecule has 0 aliphatic rings. The lowest BCUT2D eigenvalue weighted by atomic mass is 10.2. The van der Waals surface area contributed by atoms with Gasteiger partial charge in [0.2, 0.25) is 0 Å². The van der Waals surface area contributed by atoms with Gasteiger partial charge in [-0.15, -0.1) is 0 Å². The van der Waals surface area contributed by atoms with Crippen molar-refractivity contribution in [2.24, 2.45) is 0 Å². The van der Waals surface area contributed by atoms with E-state index < -0.39 is 20.9 Å². The SMILES string of the molecule is COC(=O)c1ccc(N(C)S(=O)(=O)c2ccc(C)c([N+](=O)[O-])c2)cc1. The Morgan fingerprint density at radius 1 is 1.16 bits per heavy atom. The molecule has 2 rings (SSSR count). The molecule has 8 nitrogen and oxygen atoms in total.